The Morgan fingerprint density at radius 2 is 2.03 bits per heavy atom. The highest BCUT2D eigenvalue weighted by molar-refractivity contribution is 5.84. The Labute approximate surface area is 182 Å². The Morgan fingerprint density at radius 3 is 2.72 bits per heavy atom. The second-order valence-electron chi connectivity index (χ2n) is 7.00. The van der Waals surface area contributed by atoms with Crippen LogP contribution >= 0.6 is 0 Å². The standard InChI is InChI=1S/C20H23N7O5/c1-2-7-31-12-5-3-11(4-6-12)8-24-26-20-25-14-17(21)22-10-23-18(14)27(20)19-16(30)15(29)13(9-28)32-19/h2-6,8,10,13,15-16,19,28-30H,1,7,9H2,(H,25,26)(H2,21,22,23)/b24-8-/t13-,15-,16-,19-/m1/s1. The van der Waals surface area contributed by atoms with Crippen LogP contribution in [0.25, 0.3) is 11.2 Å². The van der Waals surface area contributed by atoms with Crippen LogP contribution in [0.1, 0.15) is 11.8 Å². The van der Waals surface area contributed by atoms with Crippen molar-refractivity contribution in [2.75, 3.05) is 24.4 Å². The van der Waals surface area contributed by atoms with Crippen LogP contribution in [0.4, 0.5) is 11.8 Å². The molecule has 0 amide bonds. The topological polar surface area (TPSA) is 173 Å². The largest absolute Gasteiger partial charge is 0.490 e. The molecule has 0 aliphatic carbocycles. The third-order valence-corrected chi connectivity index (χ3v) is 4.90. The molecule has 0 spiro atoms. The first-order chi connectivity index (χ1) is 15.5. The van der Waals surface area contributed by atoms with Gasteiger partial charge < -0.3 is 30.5 Å². The maximum absolute atomic E-state index is 10.5. The zero-order valence-corrected chi connectivity index (χ0v) is 16.9. The number of hydrazone groups is 1. The number of anilines is 2. The van der Waals surface area contributed by atoms with Gasteiger partial charge in [0.1, 0.15) is 37.0 Å². The first-order valence-corrected chi connectivity index (χ1v) is 9.77. The molecule has 6 N–H and O–H groups in total. The predicted molar refractivity (Wildman–Crippen MR) is 116 cm³/mol. The molecule has 0 unspecified atom stereocenters. The number of fused-ring (bicyclic) bond motifs is 1. The number of aliphatic hydroxyl groups is 3. The summed E-state index contributed by atoms with van der Waals surface area (Å²) in [4.78, 5) is 12.5. The van der Waals surface area contributed by atoms with Crippen LogP contribution in [0.2, 0.25) is 0 Å². The second kappa shape index (κ2) is 9.28. The highest BCUT2D eigenvalue weighted by Crippen LogP contribution is 2.35. The molecule has 0 saturated carbocycles. The number of benzene rings is 1. The zero-order chi connectivity index (χ0) is 22.7. The maximum Gasteiger partial charge on any atom is 0.228 e. The summed E-state index contributed by atoms with van der Waals surface area (Å²) in [5, 5.41) is 34.2. The Bertz CT molecular complexity index is 1120. The Morgan fingerprint density at radius 1 is 1.25 bits per heavy atom. The van der Waals surface area contributed by atoms with Crippen molar-refractivity contribution < 1.29 is 24.8 Å². The molecule has 1 aliphatic heterocycles. The third kappa shape index (κ3) is 4.11. The fourth-order valence-electron chi connectivity index (χ4n) is 3.31. The number of ether oxygens (including phenoxy) is 2. The number of nitrogens with one attached hydrogen (secondary N) is 1. The van der Waals surface area contributed by atoms with E-state index in [1.54, 1.807) is 24.4 Å². The molecule has 168 valence electrons. The molecule has 0 bridgehead atoms. The van der Waals surface area contributed by atoms with Gasteiger partial charge in [0, 0.05) is 0 Å². The fourth-order valence-corrected chi connectivity index (χ4v) is 3.31. The molecular formula is C20H23N7O5. The van der Waals surface area contributed by atoms with Crippen molar-refractivity contribution in [3.05, 3.63) is 48.8 Å². The Kier molecular flexibility index (Phi) is 6.28. The van der Waals surface area contributed by atoms with Gasteiger partial charge in [0.15, 0.2) is 23.2 Å². The van der Waals surface area contributed by atoms with Crippen molar-refractivity contribution in [1.29, 1.82) is 0 Å². The first kappa shape index (κ1) is 21.6. The molecule has 32 heavy (non-hydrogen) atoms. The van der Waals surface area contributed by atoms with Gasteiger partial charge in [-0.2, -0.15) is 5.10 Å². The summed E-state index contributed by atoms with van der Waals surface area (Å²) in [6.45, 7) is 3.56. The Balaban J connectivity index is 1.61. The minimum Gasteiger partial charge on any atom is -0.490 e. The molecule has 2 aromatic heterocycles. The van der Waals surface area contributed by atoms with Crippen LogP contribution < -0.4 is 15.9 Å². The number of hydrogen-bond donors (Lipinski definition) is 5. The minimum atomic E-state index is -1.34. The summed E-state index contributed by atoms with van der Waals surface area (Å²) in [5.74, 6) is 0.988. The lowest BCUT2D eigenvalue weighted by Crippen LogP contribution is -2.33. The smallest absolute Gasteiger partial charge is 0.228 e. The van der Waals surface area contributed by atoms with Crippen LogP contribution in [0.5, 0.6) is 5.75 Å². The van der Waals surface area contributed by atoms with Gasteiger partial charge in [-0.15, -0.1) is 0 Å². The van der Waals surface area contributed by atoms with Crippen molar-refractivity contribution in [3.63, 3.8) is 0 Å². The lowest BCUT2D eigenvalue weighted by molar-refractivity contribution is -0.0501. The van der Waals surface area contributed by atoms with Crippen molar-refractivity contribution >= 4 is 29.1 Å². The minimum absolute atomic E-state index is 0.127. The SMILES string of the molecule is C=CCOc1ccc(/C=N\Nc2nc3c(N)ncnc3n2[C@@H]2O[C@H](CO)[C@@H](O)[C@H]2O)cc1. The van der Waals surface area contributed by atoms with E-state index in [1.807, 2.05) is 12.1 Å². The number of aliphatic hydroxyl groups excluding tert-OH is 3. The van der Waals surface area contributed by atoms with Gasteiger partial charge in [-0.1, -0.05) is 12.7 Å². The molecule has 1 aromatic carbocycles. The van der Waals surface area contributed by atoms with Gasteiger partial charge >= 0.3 is 0 Å². The highest BCUT2D eigenvalue weighted by Gasteiger charge is 2.45. The van der Waals surface area contributed by atoms with Crippen molar-refractivity contribution in [2.45, 2.75) is 24.5 Å². The van der Waals surface area contributed by atoms with Gasteiger partial charge in [0.2, 0.25) is 5.95 Å². The number of aromatic nitrogens is 4. The second-order valence-corrected chi connectivity index (χ2v) is 7.00. The van der Waals surface area contributed by atoms with E-state index in [4.69, 9.17) is 15.2 Å². The number of nitrogen functional groups attached to an aromatic ring is 1. The summed E-state index contributed by atoms with van der Waals surface area (Å²) in [6.07, 6.45) is -0.207. The monoisotopic (exact) mass is 441 g/mol. The summed E-state index contributed by atoms with van der Waals surface area (Å²) in [7, 11) is 0. The van der Waals surface area contributed by atoms with Crippen LogP contribution in [-0.2, 0) is 4.74 Å². The van der Waals surface area contributed by atoms with E-state index < -0.39 is 31.1 Å². The number of rotatable bonds is 8. The quantitative estimate of drug-likeness (QED) is 0.182. The lowest BCUT2D eigenvalue weighted by Gasteiger charge is -2.18. The summed E-state index contributed by atoms with van der Waals surface area (Å²) in [6, 6.07) is 7.25. The first-order valence-electron chi connectivity index (χ1n) is 9.77. The predicted octanol–water partition coefficient (Wildman–Crippen LogP) is 0.0308. The van der Waals surface area contributed by atoms with E-state index in [0.717, 1.165) is 5.56 Å². The third-order valence-electron chi connectivity index (χ3n) is 4.90. The number of imidazole rings is 1. The van der Waals surface area contributed by atoms with E-state index >= 15 is 0 Å². The van der Waals surface area contributed by atoms with Crippen LogP contribution in [-0.4, -0.2) is 72.6 Å². The molecule has 1 fully saturated rings. The van der Waals surface area contributed by atoms with E-state index in [-0.39, 0.29) is 22.9 Å². The molecule has 3 heterocycles. The van der Waals surface area contributed by atoms with Gasteiger partial charge in [0.25, 0.3) is 0 Å². The van der Waals surface area contributed by atoms with Crippen LogP contribution in [0.3, 0.4) is 0 Å². The number of nitrogens with zero attached hydrogens (tertiary/aromatic N) is 5. The number of hydrogen-bond acceptors (Lipinski definition) is 11. The molecule has 12 heteroatoms. The zero-order valence-electron chi connectivity index (χ0n) is 16.9. The van der Waals surface area contributed by atoms with E-state index in [9.17, 15) is 15.3 Å². The summed E-state index contributed by atoms with van der Waals surface area (Å²) in [5.41, 5.74) is 10.0. The van der Waals surface area contributed by atoms with Crippen LogP contribution in [0, 0.1) is 0 Å². The van der Waals surface area contributed by atoms with Crippen molar-refractivity contribution in [1.82, 2.24) is 19.5 Å². The Hall–Kier alpha value is -3.58. The van der Waals surface area contributed by atoms with Crippen LogP contribution in [0.15, 0.2) is 48.3 Å². The van der Waals surface area contributed by atoms with Crippen molar-refractivity contribution in [3.8, 4) is 5.75 Å². The molecular weight excluding hydrogens is 418 g/mol. The summed E-state index contributed by atoms with van der Waals surface area (Å²) >= 11 is 0. The van der Waals surface area contributed by atoms with E-state index in [2.05, 4.69) is 32.1 Å². The van der Waals surface area contributed by atoms with Gasteiger partial charge in [-0.3, -0.25) is 4.57 Å². The molecule has 4 atom stereocenters. The average molecular weight is 441 g/mol. The normalized spacial score (nSPS) is 23.1. The average Bonchev–Trinajstić information content (AvgIpc) is 3.31. The lowest BCUT2D eigenvalue weighted by atomic mass is 10.1. The molecule has 0 radical (unpaired) electrons. The molecule has 1 aliphatic rings. The van der Waals surface area contributed by atoms with Crippen molar-refractivity contribution in [2.24, 2.45) is 5.10 Å². The maximum atomic E-state index is 10.5. The highest BCUT2D eigenvalue weighted by atomic mass is 16.6. The van der Waals surface area contributed by atoms with E-state index in [0.29, 0.717) is 12.4 Å². The molecule has 12 nitrogen and oxygen atoms in total. The van der Waals surface area contributed by atoms with Gasteiger partial charge in [-0.25, -0.2) is 20.4 Å². The summed E-state index contributed by atoms with van der Waals surface area (Å²) < 4.78 is 12.5. The molecule has 4 rings (SSSR count). The number of nitrogens with two attached hydrogens (primary N) is 1. The molecule has 3 aromatic rings. The van der Waals surface area contributed by atoms with Gasteiger partial charge in [0.05, 0.1) is 12.8 Å². The molecule has 1 saturated heterocycles. The fraction of sp³-hybridized carbons (Fsp3) is 0.300. The van der Waals surface area contributed by atoms with E-state index in [1.165, 1.54) is 10.9 Å². The van der Waals surface area contributed by atoms with Gasteiger partial charge in [-0.05, 0) is 29.8 Å².